The summed E-state index contributed by atoms with van der Waals surface area (Å²) in [5.41, 5.74) is 2.03. The minimum absolute atomic E-state index is 0.0835. The van der Waals surface area contributed by atoms with Crippen molar-refractivity contribution in [1.82, 2.24) is 14.7 Å². The molecule has 0 bridgehead atoms. The first-order chi connectivity index (χ1) is 19.7. The highest BCUT2D eigenvalue weighted by atomic mass is 19.3. The molecule has 0 atom stereocenters. The maximum Gasteiger partial charge on any atom is 0.298 e. The predicted octanol–water partition coefficient (Wildman–Crippen LogP) is 5.26. The van der Waals surface area contributed by atoms with Crippen molar-refractivity contribution >= 4 is 23.2 Å². The number of carbonyl (C=O) groups excluding carboxylic acids is 2. The summed E-state index contributed by atoms with van der Waals surface area (Å²) in [6.07, 6.45) is 1.34. The third kappa shape index (κ3) is 5.44. The van der Waals surface area contributed by atoms with Crippen LogP contribution >= 0.6 is 0 Å². The average molecular weight is 555 g/mol. The van der Waals surface area contributed by atoms with E-state index in [0.717, 1.165) is 12.1 Å². The monoisotopic (exact) mass is 554 g/mol. The van der Waals surface area contributed by atoms with Gasteiger partial charge in [-0.2, -0.15) is 19.1 Å². The van der Waals surface area contributed by atoms with Crippen LogP contribution in [0.3, 0.4) is 0 Å². The molecule has 0 unspecified atom stereocenters. The Labute approximate surface area is 236 Å². The van der Waals surface area contributed by atoms with E-state index in [-0.39, 0.29) is 28.9 Å². The molecule has 1 aromatic heterocycles. The number of amides is 2. The summed E-state index contributed by atoms with van der Waals surface area (Å²) in [6.45, 7) is 4.04. The zero-order chi connectivity index (χ0) is 29.1. The maximum atomic E-state index is 15.0. The van der Waals surface area contributed by atoms with Crippen LogP contribution in [0.25, 0.3) is 0 Å². The molecule has 1 aliphatic rings. The van der Waals surface area contributed by atoms with Crippen molar-refractivity contribution in [1.29, 1.82) is 5.26 Å². The van der Waals surface area contributed by atoms with Crippen LogP contribution in [0, 0.1) is 11.3 Å². The van der Waals surface area contributed by atoms with Gasteiger partial charge in [0.15, 0.2) is 0 Å². The summed E-state index contributed by atoms with van der Waals surface area (Å²) in [5, 5.41) is 16.6. The van der Waals surface area contributed by atoms with E-state index in [1.807, 2.05) is 14.0 Å². The molecule has 8 nitrogen and oxygen atoms in total. The number of fused-ring (bicyclic) bond motifs is 1. The minimum atomic E-state index is -3.19. The molecular formula is C31H28F2N6O2. The summed E-state index contributed by atoms with van der Waals surface area (Å²) >= 11 is 0. The molecule has 1 aliphatic heterocycles. The molecule has 0 fully saturated rings. The van der Waals surface area contributed by atoms with Crippen LogP contribution in [0.5, 0.6) is 0 Å². The van der Waals surface area contributed by atoms with Crippen molar-refractivity contribution in [2.75, 3.05) is 30.4 Å². The summed E-state index contributed by atoms with van der Waals surface area (Å²) in [4.78, 5) is 30.3. The van der Waals surface area contributed by atoms with Gasteiger partial charge in [0.05, 0.1) is 29.9 Å². The second-order valence-electron chi connectivity index (χ2n) is 9.84. The van der Waals surface area contributed by atoms with Crippen molar-refractivity contribution < 1.29 is 18.4 Å². The molecule has 10 heteroatoms. The number of halogens is 2. The molecule has 2 amide bonds. The number of nitriles is 1. The lowest BCUT2D eigenvalue weighted by molar-refractivity contribution is 0.0428. The van der Waals surface area contributed by atoms with E-state index in [9.17, 15) is 14.9 Å². The van der Waals surface area contributed by atoms with Crippen LogP contribution in [0.15, 0.2) is 79.0 Å². The highest BCUT2D eigenvalue weighted by Gasteiger charge is 2.35. The summed E-state index contributed by atoms with van der Waals surface area (Å²) in [5.74, 6) is -4.19. The smallest absolute Gasteiger partial charge is 0.298 e. The van der Waals surface area contributed by atoms with Gasteiger partial charge in [-0.3, -0.25) is 14.3 Å². The number of hydrogen-bond donors (Lipinski definition) is 1. The zero-order valence-electron chi connectivity index (χ0n) is 22.6. The Balaban J connectivity index is 1.35. The third-order valence-corrected chi connectivity index (χ3v) is 7.21. The molecule has 5 rings (SSSR count). The van der Waals surface area contributed by atoms with Crippen LogP contribution in [0.4, 0.5) is 20.2 Å². The number of rotatable bonds is 8. The Morgan fingerprint density at radius 1 is 1.07 bits per heavy atom. The van der Waals surface area contributed by atoms with E-state index in [2.05, 4.69) is 21.4 Å². The SMILES string of the molecule is CCN(C)Cc1ccc(NC(=O)c2cnn3c2C(=O)N(c2ccc(C(F)(F)c4ccccc4)cc2)CC3)cc1C#N. The van der Waals surface area contributed by atoms with Crippen molar-refractivity contribution in [3.05, 3.63) is 113 Å². The van der Waals surface area contributed by atoms with Gasteiger partial charge >= 0.3 is 0 Å². The van der Waals surface area contributed by atoms with E-state index in [4.69, 9.17) is 0 Å². The molecule has 2 heterocycles. The Kier molecular flexibility index (Phi) is 7.64. The quantitative estimate of drug-likeness (QED) is 0.321. The topological polar surface area (TPSA) is 94.3 Å². The number of benzene rings is 3. The number of carbonyl (C=O) groups is 2. The number of hydrogen-bond acceptors (Lipinski definition) is 5. The van der Waals surface area contributed by atoms with Crippen LogP contribution in [0.1, 0.15) is 50.0 Å². The lowest BCUT2D eigenvalue weighted by Gasteiger charge is -2.28. The molecule has 0 spiro atoms. The van der Waals surface area contributed by atoms with Gasteiger partial charge in [-0.05, 0) is 43.4 Å². The normalized spacial score (nSPS) is 13.2. The first-order valence-electron chi connectivity index (χ1n) is 13.2. The minimum Gasteiger partial charge on any atom is -0.322 e. The Morgan fingerprint density at radius 3 is 2.46 bits per heavy atom. The van der Waals surface area contributed by atoms with Gasteiger partial charge in [-0.1, -0.05) is 55.5 Å². The molecule has 208 valence electrons. The Bertz CT molecular complexity index is 1630. The fraction of sp³-hybridized carbons (Fsp3) is 0.226. The van der Waals surface area contributed by atoms with Gasteiger partial charge in [0.1, 0.15) is 5.69 Å². The lowest BCUT2D eigenvalue weighted by atomic mass is 10.00. The van der Waals surface area contributed by atoms with Crippen LogP contribution in [-0.2, 0) is 19.0 Å². The largest absolute Gasteiger partial charge is 0.322 e. The summed E-state index contributed by atoms with van der Waals surface area (Å²) in [6, 6.07) is 20.4. The maximum absolute atomic E-state index is 15.0. The van der Waals surface area contributed by atoms with Crippen molar-refractivity contribution in [2.45, 2.75) is 25.9 Å². The second kappa shape index (κ2) is 11.3. The summed E-state index contributed by atoms with van der Waals surface area (Å²) < 4.78 is 31.5. The highest BCUT2D eigenvalue weighted by Crippen LogP contribution is 2.36. The van der Waals surface area contributed by atoms with Crippen LogP contribution < -0.4 is 10.2 Å². The van der Waals surface area contributed by atoms with Gasteiger partial charge in [0.2, 0.25) is 0 Å². The number of aromatic nitrogens is 2. The highest BCUT2D eigenvalue weighted by molar-refractivity contribution is 6.15. The molecule has 0 aliphatic carbocycles. The Morgan fingerprint density at radius 2 is 1.78 bits per heavy atom. The van der Waals surface area contributed by atoms with Gasteiger partial charge in [0, 0.05) is 35.6 Å². The standard InChI is InChI=1S/C31H28F2N6O2/c1-3-37(2)20-21-9-12-25(17-22(21)18-34)36-29(40)27-19-35-39-16-15-38(30(41)28(27)39)26-13-10-24(11-14-26)31(32,33)23-7-5-4-6-8-23/h4-14,17,19H,3,15-16,20H2,1-2H3,(H,36,40). The van der Waals surface area contributed by atoms with Gasteiger partial charge < -0.3 is 15.1 Å². The van der Waals surface area contributed by atoms with E-state index < -0.39 is 17.7 Å². The molecule has 0 saturated heterocycles. The third-order valence-electron chi connectivity index (χ3n) is 7.21. The van der Waals surface area contributed by atoms with E-state index in [1.165, 1.54) is 52.2 Å². The van der Waals surface area contributed by atoms with Gasteiger partial charge in [0.25, 0.3) is 17.7 Å². The molecule has 41 heavy (non-hydrogen) atoms. The summed E-state index contributed by atoms with van der Waals surface area (Å²) in [7, 11) is 1.95. The lowest BCUT2D eigenvalue weighted by Crippen LogP contribution is -2.41. The van der Waals surface area contributed by atoms with Crippen molar-refractivity contribution in [3.63, 3.8) is 0 Å². The second-order valence-corrected chi connectivity index (χ2v) is 9.84. The first-order valence-corrected chi connectivity index (χ1v) is 13.2. The molecular weight excluding hydrogens is 526 g/mol. The van der Waals surface area contributed by atoms with Crippen molar-refractivity contribution in [3.8, 4) is 6.07 Å². The number of nitrogens with zero attached hydrogens (tertiary/aromatic N) is 5. The number of anilines is 2. The van der Waals surface area contributed by atoms with Crippen LogP contribution in [0.2, 0.25) is 0 Å². The van der Waals surface area contributed by atoms with Gasteiger partial charge in [-0.15, -0.1) is 0 Å². The van der Waals surface area contributed by atoms with Crippen molar-refractivity contribution in [2.24, 2.45) is 0 Å². The zero-order valence-corrected chi connectivity index (χ0v) is 22.6. The average Bonchev–Trinajstić information content (AvgIpc) is 3.44. The van der Waals surface area contributed by atoms with Crippen LogP contribution in [-0.4, -0.2) is 46.6 Å². The van der Waals surface area contributed by atoms with E-state index >= 15 is 8.78 Å². The molecule has 4 aromatic rings. The van der Waals surface area contributed by atoms with E-state index in [1.54, 1.807) is 36.4 Å². The fourth-order valence-electron chi connectivity index (χ4n) is 4.78. The Hall–Kier alpha value is -4.88. The predicted molar refractivity (Wildman–Crippen MR) is 151 cm³/mol. The molecule has 1 N–H and O–H groups in total. The molecule has 3 aromatic carbocycles. The fourth-order valence-corrected chi connectivity index (χ4v) is 4.78. The molecule has 0 saturated carbocycles. The van der Waals surface area contributed by atoms with Gasteiger partial charge in [-0.25, -0.2) is 0 Å². The number of nitrogens with one attached hydrogen (secondary N) is 1. The first kappa shape index (κ1) is 27.7. The number of alkyl halides is 2. The van der Waals surface area contributed by atoms with E-state index in [0.29, 0.717) is 30.0 Å². The molecule has 0 radical (unpaired) electrons.